The standard InChI is InChI=1S/C12H19NO2P2/c1-16(2)8-10-5-11(9-17(3)4)7-12(6-10)13(14)15/h5-7H,8-9H2,1-4H3. The second-order valence-electron chi connectivity index (χ2n) is 4.74. The Hall–Kier alpha value is -0.520. The highest BCUT2D eigenvalue weighted by atomic mass is 31.1. The van der Waals surface area contributed by atoms with Crippen LogP contribution < -0.4 is 0 Å². The van der Waals surface area contributed by atoms with Crippen molar-refractivity contribution in [3.05, 3.63) is 39.4 Å². The first-order valence-electron chi connectivity index (χ1n) is 5.45. The molecule has 0 N–H and O–H groups in total. The first-order valence-corrected chi connectivity index (χ1v) is 10.3. The second kappa shape index (κ2) is 6.42. The van der Waals surface area contributed by atoms with Crippen LogP contribution in [0.5, 0.6) is 0 Å². The van der Waals surface area contributed by atoms with Gasteiger partial charge in [0.25, 0.3) is 5.69 Å². The van der Waals surface area contributed by atoms with Crippen LogP contribution in [0.2, 0.25) is 0 Å². The summed E-state index contributed by atoms with van der Waals surface area (Å²) in [6.45, 7) is 8.78. The summed E-state index contributed by atoms with van der Waals surface area (Å²) in [5, 5.41) is 10.9. The van der Waals surface area contributed by atoms with E-state index in [0.717, 1.165) is 23.5 Å². The third-order valence-electron chi connectivity index (χ3n) is 2.25. The van der Waals surface area contributed by atoms with Crippen LogP contribution >= 0.6 is 15.8 Å². The molecule has 1 aromatic rings. The van der Waals surface area contributed by atoms with Crippen LogP contribution in [0.4, 0.5) is 5.69 Å². The molecular weight excluding hydrogens is 252 g/mol. The van der Waals surface area contributed by atoms with Crippen LogP contribution in [0.1, 0.15) is 11.1 Å². The van der Waals surface area contributed by atoms with Gasteiger partial charge in [0, 0.05) is 12.1 Å². The maximum Gasteiger partial charge on any atom is 0.270 e. The van der Waals surface area contributed by atoms with Crippen molar-refractivity contribution in [1.29, 1.82) is 0 Å². The Morgan fingerprint density at radius 3 is 1.71 bits per heavy atom. The lowest BCUT2D eigenvalue weighted by molar-refractivity contribution is -0.385. The Balaban J connectivity index is 3.04. The molecular formula is C12H19NO2P2. The number of rotatable bonds is 5. The number of benzene rings is 1. The first kappa shape index (κ1) is 14.5. The van der Waals surface area contributed by atoms with E-state index in [1.807, 2.05) is 0 Å². The minimum absolute atomic E-state index is 0.0584. The van der Waals surface area contributed by atoms with Gasteiger partial charge in [-0.3, -0.25) is 10.1 Å². The SMILES string of the molecule is CP(C)Cc1cc(CP(C)C)cc([N+](=O)[O-])c1. The van der Waals surface area contributed by atoms with Crippen LogP contribution in [0.25, 0.3) is 0 Å². The molecule has 0 spiro atoms. The van der Waals surface area contributed by atoms with Gasteiger partial charge in [-0.2, -0.15) is 0 Å². The second-order valence-corrected chi connectivity index (χ2v) is 9.69. The predicted molar refractivity (Wildman–Crippen MR) is 78.0 cm³/mol. The zero-order valence-corrected chi connectivity index (χ0v) is 12.6. The van der Waals surface area contributed by atoms with E-state index in [2.05, 4.69) is 32.7 Å². The molecule has 0 bridgehead atoms. The number of hydrogen-bond donors (Lipinski definition) is 0. The molecule has 0 saturated heterocycles. The Morgan fingerprint density at radius 1 is 1.00 bits per heavy atom. The molecule has 17 heavy (non-hydrogen) atoms. The summed E-state index contributed by atoms with van der Waals surface area (Å²) >= 11 is 0. The lowest BCUT2D eigenvalue weighted by Crippen LogP contribution is -1.94. The molecule has 0 aromatic heterocycles. The number of hydrogen-bond acceptors (Lipinski definition) is 2. The molecule has 0 unspecified atom stereocenters. The molecule has 94 valence electrons. The minimum atomic E-state index is -0.284. The van der Waals surface area contributed by atoms with Crippen LogP contribution in [-0.4, -0.2) is 31.6 Å². The maximum atomic E-state index is 10.9. The fraction of sp³-hybridized carbons (Fsp3) is 0.500. The van der Waals surface area contributed by atoms with Crippen LogP contribution in [0.3, 0.4) is 0 Å². The molecule has 0 radical (unpaired) electrons. The van der Waals surface area contributed by atoms with Crippen LogP contribution in [0.15, 0.2) is 18.2 Å². The normalized spacial score (nSPS) is 11.2. The highest BCUT2D eigenvalue weighted by molar-refractivity contribution is 7.55. The monoisotopic (exact) mass is 271 g/mol. The summed E-state index contributed by atoms with van der Waals surface area (Å²) < 4.78 is 0. The van der Waals surface area contributed by atoms with Crippen molar-refractivity contribution in [1.82, 2.24) is 0 Å². The number of nitrogens with zero attached hydrogens (tertiary/aromatic N) is 1. The smallest absolute Gasteiger partial charge is 0.258 e. The Morgan fingerprint density at radius 2 is 1.41 bits per heavy atom. The summed E-state index contributed by atoms with van der Waals surface area (Å²) in [7, 11) is -0.117. The highest BCUT2D eigenvalue weighted by Crippen LogP contribution is 2.35. The molecule has 0 aliphatic heterocycles. The summed E-state index contributed by atoms with van der Waals surface area (Å²) in [5.41, 5.74) is 2.47. The van der Waals surface area contributed by atoms with Gasteiger partial charge < -0.3 is 0 Å². The molecule has 1 rings (SSSR count). The molecule has 1 aromatic carbocycles. The summed E-state index contributed by atoms with van der Waals surface area (Å²) in [6, 6.07) is 5.58. The fourth-order valence-electron chi connectivity index (χ4n) is 1.76. The zero-order valence-electron chi connectivity index (χ0n) is 10.8. The van der Waals surface area contributed by atoms with E-state index in [4.69, 9.17) is 0 Å². The van der Waals surface area contributed by atoms with Gasteiger partial charge in [0.1, 0.15) is 0 Å². The van der Waals surface area contributed by atoms with Crippen molar-refractivity contribution in [3.8, 4) is 0 Å². The largest absolute Gasteiger partial charge is 0.270 e. The van der Waals surface area contributed by atoms with E-state index in [1.165, 1.54) is 0 Å². The van der Waals surface area contributed by atoms with Gasteiger partial charge in [-0.25, -0.2) is 0 Å². The van der Waals surface area contributed by atoms with Crippen molar-refractivity contribution < 1.29 is 4.92 Å². The predicted octanol–water partition coefficient (Wildman–Crippen LogP) is 4.08. The molecule has 0 aliphatic rings. The van der Waals surface area contributed by atoms with Gasteiger partial charge in [-0.05, 0) is 50.1 Å². The van der Waals surface area contributed by atoms with Gasteiger partial charge in [0.2, 0.25) is 0 Å². The Kier molecular flexibility index (Phi) is 5.49. The van der Waals surface area contributed by atoms with E-state index in [1.54, 1.807) is 12.1 Å². The lowest BCUT2D eigenvalue weighted by Gasteiger charge is -2.10. The molecule has 5 heteroatoms. The Bertz CT molecular complexity index is 377. The number of non-ortho nitro benzene ring substituents is 1. The average molecular weight is 271 g/mol. The van der Waals surface area contributed by atoms with Gasteiger partial charge in [0.15, 0.2) is 0 Å². The van der Waals surface area contributed by atoms with Crippen molar-refractivity contribution in [2.45, 2.75) is 12.3 Å². The number of nitro benzene ring substituents is 1. The van der Waals surface area contributed by atoms with Gasteiger partial charge in [-0.1, -0.05) is 6.07 Å². The third kappa shape index (κ3) is 5.10. The van der Waals surface area contributed by atoms with E-state index in [-0.39, 0.29) is 26.5 Å². The Labute approximate surface area is 105 Å². The quantitative estimate of drug-likeness (QED) is 0.460. The van der Waals surface area contributed by atoms with Crippen molar-refractivity contribution in [2.24, 2.45) is 0 Å². The third-order valence-corrected chi connectivity index (χ3v) is 4.24. The lowest BCUT2D eigenvalue weighted by atomic mass is 10.1. The van der Waals surface area contributed by atoms with Gasteiger partial charge >= 0.3 is 0 Å². The molecule has 0 saturated carbocycles. The molecule has 0 atom stereocenters. The molecule has 0 heterocycles. The molecule has 3 nitrogen and oxygen atoms in total. The first-order chi connectivity index (χ1) is 7.88. The summed E-state index contributed by atoms with van der Waals surface area (Å²) in [6.07, 6.45) is 1.94. The van der Waals surface area contributed by atoms with Crippen molar-refractivity contribution >= 4 is 21.5 Å². The van der Waals surface area contributed by atoms with E-state index in [0.29, 0.717) is 0 Å². The van der Waals surface area contributed by atoms with Crippen LogP contribution in [-0.2, 0) is 12.3 Å². The molecule has 0 fully saturated rings. The zero-order chi connectivity index (χ0) is 13.0. The van der Waals surface area contributed by atoms with Gasteiger partial charge in [0.05, 0.1) is 4.92 Å². The maximum absolute atomic E-state index is 10.9. The number of nitro groups is 1. The van der Waals surface area contributed by atoms with Crippen molar-refractivity contribution in [3.63, 3.8) is 0 Å². The highest BCUT2D eigenvalue weighted by Gasteiger charge is 2.11. The minimum Gasteiger partial charge on any atom is -0.258 e. The summed E-state index contributed by atoms with van der Waals surface area (Å²) in [5.74, 6) is 0. The van der Waals surface area contributed by atoms with E-state index >= 15 is 0 Å². The average Bonchev–Trinajstić information content (AvgIpc) is 2.14. The van der Waals surface area contributed by atoms with E-state index in [9.17, 15) is 10.1 Å². The molecule has 0 amide bonds. The molecule has 0 aliphatic carbocycles. The summed E-state index contributed by atoms with van der Waals surface area (Å²) in [4.78, 5) is 10.6. The van der Waals surface area contributed by atoms with Crippen molar-refractivity contribution in [2.75, 3.05) is 26.7 Å². The van der Waals surface area contributed by atoms with Gasteiger partial charge in [-0.15, -0.1) is 15.8 Å². The van der Waals surface area contributed by atoms with Crippen LogP contribution in [0, 0.1) is 10.1 Å². The fourth-order valence-corrected chi connectivity index (χ4v) is 3.59. The topological polar surface area (TPSA) is 43.1 Å². The van der Waals surface area contributed by atoms with E-state index < -0.39 is 0 Å².